The number of ether oxygens (including phenoxy) is 3. The Labute approximate surface area is 264 Å². The summed E-state index contributed by atoms with van der Waals surface area (Å²) in [6, 6.07) is 13.1. The Morgan fingerprint density at radius 1 is 1.11 bits per heavy atom. The summed E-state index contributed by atoms with van der Waals surface area (Å²) in [5.74, 6) is 0.825. The molecule has 1 saturated carbocycles. The number of nitrogens with one attached hydrogen (secondary N) is 1. The van der Waals surface area contributed by atoms with Crippen LogP contribution >= 0.6 is 8.53 Å². The topological polar surface area (TPSA) is 145 Å². The van der Waals surface area contributed by atoms with Crippen LogP contribution in [0.5, 0.6) is 11.6 Å². The van der Waals surface area contributed by atoms with Crippen LogP contribution in [-0.2, 0) is 18.8 Å². The predicted octanol–water partition coefficient (Wildman–Crippen LogP) is 6.10. The van der Waals surface area contributed by atoms with E-state index in [-0.39, 0.29) is 36.8 Å². The van der Waals surface area contributed by atoms with Gasteiger partial charge in [0.2, 0.25) is 11.8 Å². The fraction of sp³-hybridized carbons (Fsp3) is 0.500. The van der Waals surface area contributed by atoms with Crippen LogP contribution in [0.25, 0.3) is 21.9 Å². The Morgan fingerprint density at radius 2 is 1.89 bits per heavy atom. The Kier molecular flexibility index (Phi) is 11.4. The third-order valence-electron chi connectivity index (χ3n) is 7.90. The van der Waals surface area contributed by atoms with Gasteiger partial charge < -0.3 is 33.6 Å². The molecular weight excluding hydrogens is 595 g/mol. The first kappa shape index (κ1) is 32.8. The normalized spacial score (nSPS) is 16.7. The number of nitrogen functional groups attached to an aromatic ring is 1. The average Bonchev–Trinajstić information content (AvgIpc) is 3.47. The number of fused-ring (bicyclic) bond motifs is 2. The van der Waals surface area contributed by atoms with E-state index < -0.39 is 14.6 Å². The maximum absolute atomic E-state index is 13.0. The molecule has 1 aliphatic carbocycles. The summed E-state index contributed by atoms with van der Waals surface area (Å²) in [7, 11) is -0.114. The standard InChI is InChI=1S/C32H43N6O6P/c1-5-41-30-28-29(35-32(33)36-30)38(20-34-28)21(2)18-25(40-4)19-42-45(37-22(3)31(39)43-24-14-7-6-8-15-24)44-27-17-11-13-23-12-9-10-16-26(23)27/h9-13,16-17,20-22,24-25,37H,5-8,14-15,18-19H2,1-4H3,(H2,33,35,36). The summed E-state index contributed by atoms with van der Waals surface area (Å²) in [5.41, 5.74) is 7.10. The van der Waals surface area contributed by atoms with Crippen molar-refractivity contribution >= 4 is 42.4 Å². The monoisotopic (exact) mass is 638 g/mol. The Morgan fingerprint density at radius 3 is 2.67 bits per heavy atom. The summed E-state index contributed by atoms with van der Waals surface area (Å²) in [6.07, 6.45) is 7.10. The largest absolute Gasteiger partial charge is 0.476 e. The van der Waals surface area contributed by atoms with Crippen LogP contribution in [0.3, 0.4) is 0 Å². The minimum atomic E-state index is -1.76. The molecule has 4 aromatic rings. The molecule has 2 aromatic heterocycles. The number of methoxy groups -OCH3 is 1. The molecule has 0 bridgehead atoms. The van der Waals surface area contributed by atoms with Crippen molar-refractivity contribution in [3.63, 3.8) is 0 Å². The molecule has 13 heteroatoms. The third-order valence-corrected chi connectivity index (χ3v) is 9.24. The smallest absolute Gasteiger partial charge is 0.323 e. The summed E-state index contributed by atoms with van der Waals surface area (Å²) in [6.45, 7) is 6.35. The highest BCUT2D eigenvalue weighted by Crippen LogP contribution is 2.40. The van der Waals surface area contributed by atoms with Gasteiger partial charge in [-0.25, -0.2) is 10.1 Å². The molecule has 4 atom stereocenters. The van der Waals surface area contributed by atoms with Gasteiger partial charge in [0.25, 0.3) is 0 Å². The number of hydrogen-bond acceptors (Lipinski definition) is 11. The lowest BCUT2D eigenvalue weighted by atomic mass is 9.98. The Hall–Kier alpha value is -3.57. The molecule has 0 spiro atoms. The number of hydrogen-bond donors (Lipinski definition) is 2. The van der Waals surface area contributed by atoms with Crippen molar-refractivity contribution < 1.29 is 28.1 Å². The molecule has 1 aliphatic rings. The maximum Gasteiger partial charge on any atom is 0.323 e. The van der Waals surface area contributed by atoms with Gasteiger partial charge >= 0.3 is 14.5 Å². The molecule has 1 fully saturated rings. The van der Waals surface area contributed by atoms with E-state index in [1.54, 1.807) is 20.4 Å². The summed E-state index contributed by atoms with van der Waals surface area (Å²) in [5, 5.41) is 5.25. The summed E-state index contributed by atoms with van der Waals surface area (Å²) >= 11 is 0. The molecule has 0 radical (unpaired) electrons. The van der Waals surface area contributed by atoms with Crippen LogP contribution in [0.1, 0.15) is 65.3 Å². The quantitative estimate of drug-likeness (QED) is 0.115. The van der Waals surface area contributed by atoms with E-state index >= 15 is 0 Å². The van der Waals surface area contributed by atoms with Crippen molar-refractivity contribution in [2.24, 2.45) is 0 Å². The van der Waals surface area contributed by atoms with Crippen molar-refractivity contribution in [2.75, 3.05) is 26.1 Å². The van der Waals surface area contributed by atoms with Gasteiger partial charge in [-0.15, -0.1) is 0 Å². The number of carbonyl (C=O) groups is 1. The molecular formula is C32H43N6O6P. The highest BCUT2D eigenvalue weighted by molar-refractivity contribution is 7.45. The van der Waals surface area contributed by atoms with Crippen molar-refractivity contribution in [1.29, 1.82) is 0 Å². The zero-order valence-electron chi connectivity index (χ0n) is 26.3. The third kappa shape index (κ3) is 8.38. The molecule has 0 aliphatic heterocycles. The van der Waals surface area contributed by atoms with Gasteiger partial charge in [-0.3, -0.25) is 4.79 Å². The van der Waals surface area contributed by atoms with Gasteiger partial charge in [0, 0.05) is 18.5 Å². The number of nitrogens with zero attached hydrogens (tertiary/aromatic N) is 4. The van der Waals surface area contributed by atoms with E-state index in [1.165, 1.54) is 6.42 Å². The molecule has 0 amide bonds. The number of imidazole rings is 1. The number of esters is 1. The van der Waals surface area contributed by atoms with E-state index in [0.717, 1.165) is 36.5 Å². The predicted molar refractivity (Wildman–Crippen MR) is 174 cm³/mol. The van der Waals surface area contributed by atoms with Crippen LogP contribution < -0.4 is 20.1 Å². The van der Waals surface area contributed by atoms with Crippen LogP contribution in [0, 0.1) is 0 Å². The van der Waals surface area contributed by atoms with Crippen molar-refractivity contribution in [2.45, 2.75) is 83.6 Å². The number of nitrogens with two attached hydrogens (primary N) is 1. The number of anilines is 1. The van der Waals surface area contributed by atoms with Crippen LogP contribution in [0.4, 0.5) is 5.95 Å². The second-order valence-corrected chi connectivity index (χ2v) is 12.5. The van der Waals surface area contributed by atoms with E-state index in [9.17, 15) is 4.79 Å². The molecule has 242 valence electrons. The van der Waals surface area contributed by atoms with Crippen LogP contribution in [-0.4, -0.2) is 64.1 Å². The van der Waals surface area contributed by atoms with Gasteiger partial charge in [0.05, 0.1) is 25.6 Å². The highest BCUT2D eigenvalue weighted by Gasteiger charge is 2.28. The molecule has 12 nitrogen and oxygen atoms in total. The van der Waals surface area contributed by atoms with Gasteiger partial charge in [-0.2, -0.15) is 9.97 Å². The van der Waals surface area contributed by atoms with E-state index in [2.05, 4.69) is 20.0 Å². The average molecular weight is 639 g/mol. The van der Waals surface area contributed by atoms with E-state index in [4.69, 9.17) is 29.0 Å². The maximum atomic E-state index is 13.0. The van der Waals surface area contributed by atoms with Crippen molar-refractivity contribution in [3.8, 4) is 11.6 Å². The molecule has 2 aromatic carbocycles. The number of rotatable bonds is 15. The fourth-order valence-corrected chi connectivity index (χ4v) is 6.70. The second-order valence-electron chi connectivity index (χ2n) is 11.3. The van der Waals surface area contributed by atoms with E-state index in [0.29, 0.717) is 35.8 Å². The lowest BCUT2D eigenvalue weighted by Crippen LogP contribution is -2.36. The Bertz CT molecular complexity index is 1560. The molecule has 5 rings (SSSR count). The first-order chi connectivity index (χ1) is 21.9. The van der Waals surface area contributed by atoms with Crippen molar-refractivity contribution in [3.05, 3.63) is 48.8 Å². The van der Waals surface area contributed by atoms with Gasteiger partial charge in [0.15, 0.2) is 11.2 Å². The van der Waals surface area contributed by atoms with Gasteiger partial charge in [-0.05, 0) is 64.3 Å². The molecule has 0 saturated heterocycles. The first-order valence-electron chi connectivity index (χ1n) is 15.6. The van der Waals surface area contributed by atoms with Crippen LogP contribution in [0.2, 0.25) is 0 Å². The number of carbonyl (C=O) groups excluding carboxylic acids is 1. The van der Waals surface area contributed by atoms with Crippen molar-refractivity contribution in [1.82, 2.24) is 24.6 Å². The Balaban J connectivity index is 1.29. The summed E-state index contributed by atoms with van der Waals surface area (Å²) in [4.78, 5) is 26.1. The fourth-order valence-electron chi connectivity index (χ4n) is 5.46. The SMILES string of the molecule is CCOc1nc(N)nc2c1ncn2C(C)CC(COP(NC(C)C(=O)OC1CCCCC1)Oc1cccc2ccccc12)OC. The zero-order chi connectivity index (χ0) is 31.8. The lowest BCUT2D eigenvalue weighted by molar-refractivity contribution is -0.152. The zero-order valence-corrected chi connectivity index (χ0v) is 27.2. The minimum absolute atomic E-state index is 0.0366. The van der Waals surface area contributed by atoms with Gasteiger partial charge in [0.1, 0.15) is 17.9 Å². The summed E-state index contributed by atoms with van der Waals surface area (Å²) < 4.78 is 32.0. The van der Waals surface area contributed by atoms with E-state index in [1.807, 2.05) is 60.9 Å². The lowest BCUT2D eigenvalue weighted by Gasteiger charge is -2.27. The first-order valence-corrected chi connectivity index (χ1v) is 16.7. The minimum Gasteiger partial charge on any atom is -0.476 e. The molecule has 3 N–H and O–H groups in total. The van der Waals surface area contributed by atoms with Crippen LogP contribution in [0.15, 0.2) is 48.8 Å². The van der Waals surface area contributed by atoms with Gasteiger partial charge in [-0.1, -0.05) is 42.8 Å². The highest BCUT2D eigenvalue weighted by atomic mass is 31.2. The molecule has 4 unspecified atom stereocenters. The number of aromatic nitrogens is 4. The number of benzene rings is 2. The molecule has 2 heterocycles. The molecule has 45 heavy (non-hydrogen) atoms. The second kappa shape index (κ2) is 15.6.